The lowest BCUT2D eigenvalue weighted by Gasteiger charge is -2.05. The SMILES string of the molecule is CC(C)COCCn1cc(CCN)nn1. The van der Waals surface area contributed by atoms with Crippen LogP contribution in [0.15, 0.2) is 6.20 Å². The maximum Gasteiger partial charge on any atom is 0.0839 e. The maximum atomic E-state index is 5.45. The summed E-state index contributed by atoms with van der Waals surface area (Å²) in [5.74, 6) is 0.577. The number of hydrogen-bond donors (Lipinski definition) is 1. The van der Waals surface area contributed by atoms with Crippen LogP contribution in [0.3, 0.4) is 0 Å². The number of hydrogen-bond acceptors (Lipinski definition) is 4. The van der Waals surface area contributed by atoms with Crippen LogP contribution in [0.25, 0.3) is 0 Å². The van der Waals surface area contributed by atoms with Crippen LogP contribution in [0.2, 0.25) is 0 Å². The molecule has 0 saturated heterocycles. The lowest BCUT2D eigenvalue weighted by atomic mass is 10.2. The zero-order valence-electron chi connectivity index (χ0n) is 9.52. The van der Waals surface area contributed by atoms with Crippen LogP contribution in [-0.4, -0.2) is 34.8 Å². The van der Waals surface area contributed by atoms with Crippen LogP contribution in [0, 0.1) is 5.92 Å². The molecule has 1 aromatic rings. The molecule has 5 nitrogen and oxygen atoms in total. The molecule has 0 aliphatic heterocycles. The van der Waals surface area contributed by atoms with Crippen molar-refractivity contribution in [2.45, 2.75) is 26.8 Å². The first-order chi connectivity index (χ1) is 7.22. The second kappa shape index (κ2) is 6.53. The van der Waals surface area contributed by atoms with E-state index < -0.39 is 0 Å². The monoisotopic (exact) mass is 212 g/mol. The van der Waals surface area contributed by atoms with E-state index in [1.807, 2.05) is 6.20 Å². The largest absolute Gasteiger partial charge is 0.379 e. The molecule has 0 amide bonds. The van der Waals surface area contributed by atoms with Gasteiger partial charge in [0.2, 0.25) is 0 Å². The number of nitrogens with two attached hydrogens (primary N) is 1. The molecule has 15 heavy (non-hydrogen) atoms. The fourth-order valence-electron chi connectivity index (χ4n) is 1.19. The van der Waals surface area contributed by atoms with Crippen molar-refractivity contribution < 1.29 is 4.74 Å². The van der Waals surface area contributed by atoms with Crippen molar-refractivity contribution in [3.05, 3.63) is 11.9 Å². The van der Waals surface area contributed by atoms with Gasteiger partial charge < -0.3 is 10.5 Å². The van der Waals surface area contributed by atoms with E-state index in [1.165, 1.54) is 0 Å². The molecule has 0 saturated carbocycles. The molecule has 0 aliphatic carbocycles. The Labute approximate surface area is 90.6 Å². The van der Waals surface area contributed by atoms with Gasteiger partial charge in [0.1, 0.15) is 0 Å². The summed E-state index contributed by atoms with van der Waals surface area (Å²) < 4.78 is 7.25. The molecular weight excluding hydrogens is 192 g/mol. The number of rotatable bonds is 7. The Morgan fingerprint density at radius 2 is 2.33 bits per heavy atom. The third-order valence-corrected chi connectivity index (χ3v) is 1.90. The van der Waals surface area contributed by atoms with Gasteiger partial charge in [-0.3, -0.25) is 0 Å². The minimum absolute atomic E-state index is 0.577. The van der Waals surface area contributed by atoms with E-state index in [0.29, 0.717) is 19.1 Å². The molecule has 1 rings (SSSR count). The van der Waals surface area contributed by atoms with Crippen molar-refractivity contribution in [2.75, 3.05) is 19.8 Å². The molecule has 0 unspecified atom stereocenters. The molecule has 0 bridgehead atoms. The van der Waals surface area contributed by atoms with Gasteiger partial charge in [0, 0.05) is 19.2 Å². The van der Waals surface area contributed by atoms with Gasteiger partial charge in [0.15, 0.2) is 0 Å². The second-order valence-electron chi connectivity index (χ2n) is 3.98. The Morgan fingerprint density at radius 1 is 1.53 bits per heavy atom. The summed E-state index contributed by atoms with van der Waals surface area (Å²) >= 11 is 0. The van der Waals surface area contributed by atoms with Crippen molar-refractivity contribution in [1.82, 2.24) is 15.0 Å². The second-order valence-corrected chi connectivity index (χ2v) is 3.98. The summed E-state index contributed by atoms with van der Waals surface area (Å²) in [6, 6.07) is 0. The quantitative estimate of drug-likeness (QED) is 0.666. The third kappa shape index (κ3) is 4.90. The molecular formula is C10H20N4O. The predicted octanol–water partition coefficient (Wildman–Crippen LogP) is 0.452. The average molecular weight is 212 g/mol. The summed E-state index contributed by atoms with van der Waals surface area (Å²) in [6.45, 7) is 7.12. The summed E-state index contributed by atoms with van der Waals surface area (Å²) in [6.07, 6.45) is 2.71. The van der Waals surface area contributed by atoms with Gasteiger partial charge >= 0.3 is 0 Å². The van der Waals surface area contributed by atoms with Crippen LogP contribution in [0.5, 0.6) is 0 Å². The van der Waals surface area contributed by atoms with Crippen LogP contribution in [0.1, 0.15) is 19.5 Å². The van der Waals surface area contributed by atoms with Crippen LogP contribution >= 0.6 is 0 Å². The third-order valence-electron chi connectivity index (χ3n) is 1.90. The summed E-state index contributed by atoms with van der Waals surface area (Å²) in [5, 5.41) is 7.98. The summed E-state index contributed by atoms with van der Waals surface area (Å²) in [4.78, 5) is 0. The van der Waals surface area contributed by atoms with E-state index in [4.69, 9.17) is 10.5 Å². The maximum absolute atomic E-state index is 5.45. The molecule has 0 spiro atoms. The standard InChI is InChI=1S/C10H20N4O/c1-9(2)8-15-6-5-14-7-10(3-4-11)12-13-14/h7,9H,3-6,8,11H2,1-2H3. The molecule has 86 valence electrons. The lowest BCUT2D eigenvalue weighted by Crippen LogP contribution is -2.09. The van der Waals surface area contributed by atoms with Gasteiger partial charge in [-0.2, -0.15) is 0 Å². The van der Waals surface area contributed by atoms with Crippen molar-refractivity contribution in [2.24, 2.45) is 11.7 Å². The summed E-state index contributed by atoms with van der Waals surface area (Å²) in [7, 11) is 0. The molecule has 0 aromatic carbocycles. The number of aromatic nitrogens is 3. The van der Waals surface area contributed by atoms with E-state index in [0.717, 1.165) is 25.3 Å². The Kier molecular flexibility index (Phi) is 5.28. The van der Waals surface area contributed by atoms with Gasteiger partial charge in [-0.05, 0) is 12.5 Å². The molecule has 5 heteroatoms. The fourth-order valence-corrected chi connectivity index (χ4v) is 1.19. The highest BCUT2D eigenvalue weighted by molar-refractivity contribution is 4.92. The van der Waals surface area contributed by atoms with E-state index in [9.17, 15) is 0 Å². The zero-order chi connectivity index (χ0) is 11.1. The molecule has 0 aliphatic rings. The van der Waals surface area contributed by atoms with Gasteiger partial charge in [0.05, 0.1) is 18.8 Å². The molecule has 1 heterocycles. The molecule has 2 N–H and O–H groups in total. The highest BCUT2D eigenvalue weighted by Crippen LogP contribution is 1.95. The normalized spacial score (nSPS) is 11.2. The number of ether oxygens (including phenoxy) is 1. The average Bonchev–Trinajstić information content (AvgIpc) is 2.61. The van der Waals surface area contributed by atoms with Crippen LogP contribution < -0.4 is 5.73 Å². The van der Waals surface area contributed by atoms with E-state index in [-0.39, 0.29) is 0 Å². The topological polar surface area (TPSA) is 66.0 Å². The minimum atomic E-state index is 0.577. The first-order valence-electron chi connectivity index (χ1n) is 5.39. The smallest absolute Gasteiger partial charge is 0.0839 e. The van der Waals surface area contributed by atoms with E-state index in [2.05, 4.69) is 24.2 Å². The van der Waals surface area contributed by atoms with Gasteiger partial charge in [-0.1, -0.05) is 19.1 Å². The lowest BCUT2D eigenvalue weighted by molar-refractivity contribution is 0.101. The van der Waals surface area contributed by atoms with Gasteiger partial charge in [-0.15, -0.1) is 5.10 Å². The van der Waals surface area contributed by atoms with Gasteiger partial charge in [-0.25, -0.2) is 4.68 Å². The van der Waals surface area contributed by atoms with Gasteiger partial charge in [0.25, 0.3) is 0 Å². The van der Waals surface area contributed by atoms with Crippen LogP contribution in [-0.2, 0) is 17.7 Å². The number of nitrogens with zero attached hydrogens (tertiary/aromatic N) is 3. The first-order valence-corrected chi connectivity index (χ1v) is 5.39. The van der Waals surface area contributed by atoms with E-state index in [1.54, 1.807) is 4.68 Å². The Hall–Kier alpha value is -0.940. The minimum Gasteiger partial charge on any atom is -0.379 e. The highest BCUT2D eigenvalue weighted by Gasteiger charge is 1.99. The van der Waals surface area contributed by atoms with Crippen molar-refractivity contribution in [1.29, 1.82) is 0 Å². The molecule has 0 fully saturated rings. The first kappa shape index (κ1) is 12.1. The summed E-state index contributed by atoms with van der Waals surface area (Å²) in [5.41, 5.74) is 6.37. The highest BCUT2D eigenvalue weighted by atomic mass is 16.5. The van der Waals surface area contributed by atoms with Crippen molar-refractivity contribution in [3.63, 3.8) is 0 Å². The Balaban J connectivity index is 2.19. The zero-order valence-corrected chi connectivity index (χ0v) is 9.52. The van der Waals surface area contributed by atoms with Crippen molar-refractivity contribution in [3.8, 4) is 0 Å². The van der Waals surface area contributed by atoms with E-state index >= 15 is 0 Å². The molecule has 0 radical (unpaired) electrons. The Bertz CT molecular complexity index is 272. The van der Waals surface area contributed by atoms with Crippen LogP contribution in [0.4, 0.5) is 0 Å². The Morgan fingerprint density at radius 3 is 3.00 bits per heavy atom. The molecule has 1 aromatic heterocycles. The fraction of sp³-hybridized carbons (Fsp3) is 0.800. The van der Waals surface area contributed by atoms with Crippen molar-refractivity contribution >= 4 is 0 Å². The molecule has 0 atom stereocenters. The predicted molar refractivity (Wildman–Crippen MR) is 58.4 cm³/mol.